The second kappa shape index (κ2) is 10.1. The lowest BCUT2D eigenvalue weighted by Gasteiger charge is -2.38. The normalized spacial score (nSPS) is 14.9. The molecule has 4 rings (SSSR count). The molecule has 3 aromatic carbocycles. The van der Waals surface area contributed by atoms with Crippen LogP contribution in [-0.4, -0.2) is 56.5 Å². The Morgan fingerprint density at radius 3 is 1.94 bits per heavy atom. The van der Waals surface area contributed by atoms with Gasteiger partial charge >= 0.3 is 0 Å². The third kappa shape index (κ3) is 5.06. The first-order valence-electron chi connectivity index (χ1n) is 10.6. The number of rotatable bonds is 7. The Morgan fingerprint density at radius 1 is 0.774 bits per heavy atom. The largest absolute Gasteiger partial charge is 0.497 e. The number of ether oxygens (including phenoxy) is 2. The minimum absolute atomic E-state index is 0.256. The maximum absolute atomic E-state index is 5.46. The molecular weight excluding hydrogens is 386 g/mol. The van der Waals surface area contributed by atoms with Crippen LogP contribution in [0.15, 0.2) is 84.0 Å². The van der Waals surface area contributed by atoms with Gasteiger partial charge in [-0.1, -0.05) is 60.7 Å². The fourth-order valence-corrected chi connectivity index (χ4v) is 4.05. The molecule has 0 aliphatic carbocycles. The molecule has 0 aromatic heterocycles. The van der Waals surface area contributed by atoms with E-state index in [-0.39, 0.29) is 6.04 Å². The van der Waals surface area contributed by atoms with Crippen molar-refractivity contribution in [2.45, 2.75) is 6.04 Å². The van der Waals surface area contributed by atoms with Crippen molar-refractivity contribution in [2.75, 3.05) is 40.4 Å². The smallest absolute Gasteiger partial charge is 0.127 e. The van der Waals surface area contributed by atoms with Gasteiger partial charge in [0.2, 0.25) is 0 Å². The summed E-state index contributed by atoms with van der Waals surface area (Å²) in [5.74, 6) is 1.58. The molecule has 1 saturated heterocycles. The second-order valence-corrected chi connectivity index (χ2v) is 7.57. The molecule has 0 unspecified atom stereocenters. The van der Waals surface area contributed by atoms with E-state index in [9.17, 15) is 0 Å². The summed E-state index contributed by atoms with van der Waals surface area (Å²) in [6, 6.07) is 27.5. The van der Waals surface area contributed by atoms with Crippen molar-refractivity contribution in [3.8, 4) is 11.5 Å². The zero-order chi connectivity index (χ0) is 21.5. The predicted octanol–water partition coefficient (Wildman–Crippen LogP) is 4.44. The van der Waals surface area contributed by atoms with E-state index in [0.717, 1.165) is 43.2 Å². The van der Waals surface area contributed by atoms with Gasteiger partial charge < -0.3 is 9.47 Å². The van der Waals surface area contributed by atoms with E-state index < -0.39 is 0 Å². The molecule has 1 aliphatic heterocycles. The molecule has 1 fully saturated rings. The average Bonchev–Trinajstić information content (AvgIpc) is 2.85. The molecule has 0 spiro atoms. The van der Waals surface area contributed by atoms with Crippen LogP contribution in [0.3, 0.4) is 0 Å². The predicted molar refractivity (Wildman–Crippen MR) is 125 cm³/mol. The van der Waals surface area contributed by atoms with Gasteiger partial charge in [-0.2, -0.15) is 5.10 Å². The van der Waals surface area contributed by atoms with Crippen molar-refractivity contribution in [1.82, 2.24) is 9.91 Å². The molecule has 0 bridgehead atoms. The lowest BCUT2D eigenvalue weighted by molar-refractivity contribution is 0.113. The van der Waals surface area contributed by atoms with Crippen molar-refractivity contribution in [3.63, 3.8) is 0 Å². The fourth-order valence-electron chi connectivity index (χ4n) is 4.05. The van der Waals surface area contributed by atoms with E-state index in [4.69, 9.17) is 14.6 Å². The molecule has 3 aromatic rings. The number of nitrogens with zero attached hydrogens (tertiary/aromatic N) is 3. The molecule has 1 heterocycles. The van der Waals surface area contributed by atoms with Crippen LogP contribution in [-0.2, 0) is 0 Å². The van der Waals surface area contributed by atoms with Crippen molar-refractivity contribution in [1.29, 1.82) is 0 Å². The van der Waals surface area contributed by atoms with Crippen LogP contribution in [0.4, 0.5) is 0 Å². The third-order valence-corrected chi connectivity index (χ3v) is 5.68. The maximum atomic E-state index is 5.46. The van der Waals surface area contributed by atoms with Gasteiger partial charge in [-0.3, -0.25) is 9.91 Å². The quantitative estimate of drug-likeness (QED) is 0.535. The zero-order valence-electron chi connectivity index (χ0n) is 18.1. The van der Waals surface area contributed by atoms with Gasteiger partial charge in [0, 0.05) is 31.7 Å². The Kier molecular flexibility index (Phi) is 6.85. The average molecular weight is 416 g/mol. The van der Waals surface area contributed by atoms with Crippen LogP contribution in [0, 0.1) is 0 Å². The van der Waals surface area contributed by atoms with Gasteiger partial charge in [0.25, 0.3) is 0 Å². The van der Waals surface area contributed by atoms with Crippen LogP contribution < -0.4 is 9.47 Å². The minimum Gasteiger partial charge on any atom is -0.497 e. The summed E-state index contributed by atoms with van der Waals surface area (Å²) in [7, 11) is 3.34. The number of hydrogen-bond acceptors (Lipinski definition) is 5. The lowest BCUT2D eigenvalue weighted by Crippen LogP contribution is -2.45. The molecule has 0 amide bonds. The van der Waals surface area contributed by atoms with Gasteiger partial charge in [0.05, 0.1) is 26.5 Å². The molecule has 5 nitrogen and oxygen atoms in total. The molecule has 0 atom stereocenters. The van der Waals surface area contributed by atoms with Crippen LogP contribution in [0.1, 0.15) is 22.7 Å². The molecular formula is C26H29N3O2. The lowest BCUT2D eigenvalue weighted by atomic mass is 9.96. The van der Waals surface area contributed by atoms with E-state index in [1.54, 1.807) is 14.2 Å². The zero-order valence-corrected chi connectivity index (χ0v) is 18.1. The van der Waals surface area contributed by atoms with E-state index in [0.29, 0.717) is 0 Å². The van der Waals surface area contributed by atoms with Crippen LogP contribution >= 0.6 is 0 Å². The summed E-state index contributed by atoms with van der Waals surface area (Å²) in [5, 5.41) is 6.85. The summed E-state index contributed by atoms with van der Waals surface area (Å²) in [6.45, 7) is 3.64. The molecule has 0 radical (unpaired) electrons. The topological polar surface area (TPSA) is 37.3 Å². The van der Waals surface area contributed by atoms with Gasteiger partial charge in [-0.15, -0.1) is 0 Å². The Balaban J connectivity index is 1.47. The number of piperazine rings is 1. The van der Waals surface area contributed by atoms with Gasteiger partial charge in [0.1, 0.15) is 11.5 Å². The van der Waals surface area contributed by atoms with E-state index in [1.165, 1.54) is 11.1 Å². The number of methoxy groups -OCH3 is 2. The van der Waals surface area contributed by atoms with E-state index >= 15 is 0 Å². The van der Waals surface area contributed by atoms with Crippen molar-refractivity contribution < 1.29 is 9.47 Å². The second-order valence-electron chi connectivity index (χ2n) is 7.57. The number of hydrogen-bond donors (Lipinski definition) is 0. The highest BCUT2D eigenvalue weighted by Crippen LogP contribution is 2.29. The first-order valence-corrected chi connectivity index (χ1v) is 10.6. The summed E-state index contributed by atoms with van der Waals surface area (Å²) < 4.78 is 10.8. The van der Waals surface area contributed by atoms with Gasteiger partial charge in [-0.25, -0.2) is 0 Å². The van der Waals surface area contributed by atoms with Crippen LogP contribution in [0.25, 0.3) is 0 Å². The Bertz CT molecular complexity index is 945. The Hall–Kier alpha value is -3.31. The molecule has 1 aliphatic rings. The monoisotopic (exact) mass is 415 g/mol. The minimum atomic E-state index is 0.256. The Labute approximate surface area is 184 Å². The first-order chi connectivity index (χ1) is 15.3. The summed E-state index contributed by atoms with van der Waals surface area (Å²) >= 11 is 0. The number of benzene rings is 3. The van der Waals surface area contributed by atoms with Crippen LogP contribution in [0.2, 0.25) is 0 Å². The Morgan fingerprint density at radius 2 is 1.39 bits per heavy atom. The molecule has 31 heavy (non-hydrogen) atoms. The molecule has 0 N–H and O–H groups in total. The fraction of sp³-hybridized carbons (Fsp3) is 0.269. The summed E-state index contributed by atoms with van der Waals surface area (Å²) in [6.07, 6.45) is 1.86. The van der Waals surface area contributed by atoms with Gasteiger partial charge in [0.15, 0.2) is 0 Å². The highest BCUT2D eigenvalue weighted by Gasteiger charge is 2.25. The standard InChI is InChI=1S/C26H29N3O2/c1-30-24-13-14-25(31-2)23(19-24)20-27-29-17-15-28(16-18-29)26(21-9-5-3-6-10-21)22-11-7-4-8-12-22/h3-14,19-20,26H,15-18H2,1-2H3/b27-20-. The van der Waals surface area contributed by atoms with Crippen molar-refractivity contribution >= 4 is 6.21 Å². The first kappa shape index (κ1) is 20.9. The molecule has 5 heteroatoms. The van der Waals surface area contributed by atoms with E-state index in [2.05, 4.69) is 70.6 Å². The van der Waals surface area contributed by atoms with Crippen molar-refractivity contribution in [3.05, 3.63) is 95.6 Å². The van der Waals surface area contributed by atoms with Crippen molar-refractivity contribution in [2.24, 2.45) is 5.10 Å². The highest BCUT2D eigenvalue weighted by atomic mass is 16.5. The molecule has 160 valence electrons. The van der Waals surface area contributed by atoms with Crippen LogP contribution in [0.5, 0.6) is 11.5 Å². The SMILES string of the molecule is COc1ccc(OC)c(/C=N\N2CCN(C(c3ccccc3)c3ccccc3)CC2)c1. The maximum Gasteiger partial charge on any atom is 0.127 e. The van der Waals surface area contributed by atoms with Gasteiger partial charge in [-0.05, 0) is 29.3 Å². The summed E-state index contributed by atoms with van der Waals surface area (Å²) in [4.78, 5) is 2.54. The third-order valence-electron chi connectivity index (χ3n) is 5.68. The molecule has 0 saturated carbocycles. The summed E-state index contributed by atoms with van der Waals surface area (Å²) in [5.41, 5.74) is 3.56. The number of hydrazone groups is 1. The highest BCUT2D eigenvalue weighted by molar-refractivity contribution is 5.84. The van der Waals surface area contributed by atoms with E-state index in [1.807, 2.05) is 24.4 Å².